The van der Waals surface area contributed by atoms with Crippen LogP contribution in [0.2, 0.25) is 0 Å². The van der Waals surface area contributed by atoms with Crippen LogP contribution in [0, 0.1) is 0 Å². The van der Waals surface area contributed by atoms with Gasteiger partial charge in [0, 0.05) is 32.4 Å². The van der Waals surface area contributed by atoms with E-state index in [4.69, 9.17) is 4.74 Å². The first-order valence-electron chi connectivity index (χ1n) is 6.60. The number of fused-ring (bicyclic) bond motifs is 1. The largest absolute Gasteiger partial charge is 0.450 e. The lowest BCUT2D eigenvalue weighted by Gasteiger charge is -2.33. The lowest BCUT2D eigenvalue weighted by Crippen LogP contribution is -2.49. The van der Waals surface area contributed by atoms with E-state index in [0.29, 0.717) is 38.7 Å². The second-order valence-corrected chi connectivity index (χ2v) is 4.52. The number of H-pyrrole nitrogens is 1. The van der Waals surface area contributed by atoms with Gasteiger partial charge in [-0.3, -0.25) is 5.10 Å². The molecule has 0 atom stereocenters. The topological polar surface area (TPSA) is 87.2 Å². The van der Waals surface area contributed by atoms with Crippen molar-refractivity contribution in [3.63, 3.8) is 0 Å². The molecule has 0 bridgehead atoms. The molecule has 0 radical (unpaired) electrons. The number of ether oxygens (including phenoxy) is 1. The van der Waals surface area contributed by atoms with Crippen LogP contribution in [0.25, 0.3) is 11.0 Å². The van der Waals surface area contributed by atoms with E-state index >= 15 is 0 Å². The molecule has 114 valence electrons. The van der Waals surface area contributed by atoms with E-state index in [0.717, 1.165) is 11.0 Å². The first kappa shape index (κ1) is 15.3. The van der Waals surface area contributed by atoms with Gasteiger partial charge >= 0.3 is 6.09 Å². The van der Waals surface area contributed by atoms with E-state index in [-0.39, 0.29) is 18.5 Å². The third kappa shape index (κ3) is 3.15. The average Bonchev–Trinajstić information content (AvgIpc) is 2.95. The molecule has 3 rings (SSSR count). The summed E-state index contributed by atoms with van der Waals surface area (Å²) in [6, 6.07) is 0. The van der Waals surface area contributed by atoms with Crippen LogP contribution >= 0.6 is 12.4 Å². The van der Waals surface area contributed by atoms with Crippen LogP contribution in [0.4, 0.5) is 10.7 Å². The molecule has 1 fully saturated rings. The third-order valence-corrected chi connectivity index (χ3v) is 3.27. The Morgan fingerprint density at radius 2 is 2.10 bits per heavy atom. The number of amides is 1. The highest BCUT2D eigenvalue weighted by atomic mass is 35.5. The summed E-state index contributed by atoms with van der Waals surface area (Å²) in [5.41, 5.74) is 0.725. The van der Waals surface area contributed by atoms with Crippen LogP contribution in [0.15, 0.2) is 12.4 Å². The monoisotopic (exact) mass is 312 g/mol. The van der Waals surface area contributed by atoms with Crippen LogP contribution in [-0.2, 0) is 4.74 Å². The Morgan fingerprint density at radius 1 is 1.33 bits per heavy atom. The zero-order valence-electron chi connectivity index (χ0n) is 11.7. The number of nitrogens with zero attached hydrogens (tertiary/aromatic N) is 5. The van der Waals surface area contributed by atoms with Gasteiger partial charge in [0.1, 0.15) is 0 Å². The summed E-state index contributed by atoms with van der Waals surface area (Å²) in [5, 5.41) is 7.65. The summed E-state index contributed by atoms with van der Waals surface area (Å²) < 4.78 is 4.99. The minimum atomic E-state index is -0.253. The Morgan fingerprint density at radius 3 is 2.81 bits per heavy atom. The normalized spacial score (nSPS) is 14.9. The second-order valence-electron chi connectivity index (χ2n) is 4.52. The zero-order chi connectivity index (χ0) is 13.9. The van der Waals surface area contributed by atoms with Gasteiger partial charge in [0.25, 0.3) is 0 Å². The van der Waals surface area contributed by atoms with Crippen molar-refractivity contribution in [2.75, 3.05) is 37.7 Å². The van der Waals surface area contributed by atoms with E-state index in [1.165, 1.54) is 0 Å². The Balaban J connectivity index is 0.00000161. The van der Waals surface area contributed by atoms with E-state index in [1.807, 2.05) is 6.92 Å². The molecule has 1 aliphatic heterocycles. The van der Waals surface area contributed by atoms with Gasteiger partial charge in [-0.25, -0.2) is 9.78 Å². The number of aromatic amines is 1. The first-order chi connectivity index (χ1) is 9.78. The van der Waals surface area contributed by atoms with Crippen molar-refractivity contribution in [1.82, 2.24) is 25.1 Å². The molecule has 8 nitrogen and oxygen atoms in total. The molecule has 21 heavy (non-hydrogen) atoms. The minimum absolute atomic E-state index is 0. The highest BCUT2D eigenvalue weighted by Crippen LogP contribution is 2.14. The highest BCUT2D eigenvalue weighted by molar-refractivity contribution is 5.85. The molecule has 0 saturated carbocycles. The van der Waals surface area contributed by atoms with Crippen molar-refractivity contribution in [3.05, 3.63) is 12.4 Å². The van der Waals surface area contributed by atoms with Gasteiger partial charge in [-0.05, 0) is 6.92 Å². The summed E-state index contributed by atoms with van der Waals surface area (Å²) in [5.74, 6) is 0.658. The van der Waals surface area contributed by atoms with Crippen molar-refractivity contribution in [2.45, 2.75) is 6.92 Å². The molecule has 1 amide bonds. The Hall–Kier alpha value is -2.09. The van der Waals surface area contributed by atoms with Gasteiger partial charge in [-0.1, -0.05) is 0 Å². The average molecular weight is 313 g/mol. The number of carbonyl (C=O) groups is 1. The summed E-state index contributed by atoms with van der Waals surface area (Å²) >= 11 is 0. The number of piperazine rings is 1. The molecule has 3 heterocycles. The fraction of sp³-hybridized carbons (Fsp3) is 0.500. The Bertz CT molecular complexity index is 611. The number of nitrogens with one attached hydrogen (secondary N) is 1. The van der Waals surface area contributed by atoms with Gasteiger partial charge < -0.3 is 14.5 Å². The van der Waals surface area contributed by atoms with Crippen molar-refractivity contribution >= 4 is 35.5 Å². The molecule has 9 heteroatoms. The molecule has 1 N–H and O–H groups in total. The van der Waals surface area contributed by atoms with Crippen molar-refractivity contribution in [1.29, 1.82) is 0 Å². The molecular formula is C12H17ClN6O2. The smallest absolute Gasteiger partial charge is 0.409 e. The molecule has 1 aliphatic rings. The molecular weight excluding hydrogens is 296 g/mol. The number of rotatable bonds is 2. The molecule has 0 aliphatic carbocycles. The molecule has 0 spiro atoms. The van der Waals surface area contributed by atoms with Crippen LogP contribution in [-0.4, -0.2) is 63.9 Å². The van der Waals surface area contributed by atoms with E-state index < -0.39 is 0 Å². The van der Waals surface area contributed by atoms with Crippen LogP contribution in [0.5, 0.6) is 0 Å². The van der Waals surface area contributed by atoms with Crippen molar-refractivity contribution in [2.24, 2.45) is 0 Å². The van der Waals surface area contributed by atoms with E-state index in [1.54, 1.807) is 17.3 Å². The standard InChI is InChI=1S/C12H16N6O2.ClH/c1-2-20-12(19)18-5-3-17(4-6-18)11-13-7-9-8-14-16-10(9)15-11;/h7-8H,2-6H2,1H3,(H,13,14,15,16);1H. The lowest BCUT2D eigenvalue weighted by molar-refractivity contribution is 0.105. The highest BCUT2D eigenvalue weighted by Gasteiger charge is 2.23. The predicted octanol–water partition coefficient (Wildman–Crippen LogP) is 1.05. The number of hydrogen-bond acceptors (Lipinski definition) is 6. The van der Waals surface area contributed by atoms with Gasteiger partial charge in [-0.15, -0.1) is 12.4 Å². The van der Waals surface area contributed by atoms with Gasteiger partial charge in [0.05, 0.1) is 18.2 Å². The van der Waals surface area contributed by atoms with Crippen LogP contribution in [0.3, 0.4) is 0 Å². The van der Waals surface area contributed by atoms with Crippen molar-refractivity contribution < 1.29 is 9.53 Å². The Kier molecular flexibility index (Phi) is 4.79. The maximum atomic E-state index is 11.6. The SMILES string of the molecule is CCOC(=O)N1CCN(c2ncc3cn[nH]c3n2)CC1.Cl. The maximum absolute atomic E-state index is 11.6. The van der Waals surface area contributed by atoms with Gasteiger partial charge in [0.2, 0.25) is 5.95 Å². The summed E-state index contributed by atoms with van der Waals surface area (Å²) in [4.78, 5) is 24.1. The summed E-state index contributed by atoms with van der Waals surface area (Å²) in [6.07, 6.45) is 3.19. The number of anilines is 1. The van der Waals surface area contributed by atoms with Gasteiger partial charge in [-0.2, -0.15) is 10.1 Å². The molecule has 0 aromatic carbocycles. The number of halogens is 1. The summed E-state index contributed by atoms with van der Waals surface area (Å²) in [7, 11) is 0. The number of carbonyl (C=O) groups excluding carboxylic acids is 1. The second kappa shape index (κ2) is 6.57. The Labute approximate surface area is 127 Å². The van der Waals surface area contributed by atoms with Crippen molar-refractivity contribution in [3.8, 4) is 0 Å². The quantitative estimate of drug-likeness (QED) is 0.892. The maximum Gasteiger partial charge on any atom is 0.409 e. The molecule has 1 saturated heterocycles. The number of aromatic nitrogens is 4. The van der Waals surface area contributed by atoms with Gasteiger partial charge in [0.15, 0.2) is 5.65 Å². The zero-order valence-corrected chi connectivity index (χ0v) is 12.5. The lowest BCUT2D eigenvalue weighted by atomic mass is 10.3. The van der Waals surface area contributed by atoms with Crippen LogP contribution in [0.1, 0.15) is 6.92 Å². The van der Waals surface area contributed by atoms with E-state index in [2.05, 4.69) is 25.1 Å². The molecule has 2 aromatic heterocycles. The molecule has 0 unspecified atom stereocenters. The fourth-order valence-electron chi connectivity index (χ4n) is 2.18. The molecule has 2 aromatic rings. The number of hydrogen-bond donors (Lipinski definition) is 1. The fourth-order valence-corrected chi connectivity index (χ4v) is 2.18. The van der Waals surface area contributed by atoms with Crippen LogP contribution < -0.4 is 4.90 Å². The first-order valence-corrected chi connectivity index (χ1v) is 6.60. The predicted molar refractivity (Wildman–Crippen MR) is 79.7 cm³/mol. The summed E-state index contributed by atoms with van der Waals surface area (Å²) in [6.45, 7) is 4.82. The van der Waals surface area contributed by atoms with E-state index in [9.17, 15) is 4.79 Å². The third-order valence-electron chi connectivity index (χ3n) is 3.27. The minimum Gasteiger partial charge on any atom is -0.450 e.